The molecule has 0 aliphatic rings. The first-order valence-corrected chi connectivity index (χ1v) is 6.72. The van der Waals surface area contributed by atoms with E-state index < -0.39 is 5.97 Å². The molecule has 0 unspecified atom stereocenters. The van der Waals surface area contributed by atoms with Gasteiger partial charge in [0.1, 0.15) is 5.82 Å². The number of nitrogens with one attached hydrogen (secondary N) is 1. The van der Waals surface area contributed by atoms with Gasteiger partial charge in [-0.3, -0.25) is 9.97 Å². The molecule has 110 valence electrons. The molecule has 0 spiro atoms. The number of carbonyl (C=O) groups is 1. The minimum atomic E-state index is -0.961. The van der Waals surface area contributed by atoms with Crippen LogP contribution in [0.3, 0.4) is 0 Å². The SMILES string of the molecule is Cc1cnc(CNc2cc(C(=O)O)cc(C(C)C)n2)cn1. The molecular formula is C15H18N4O2. The lowest BCUT2D eigenvalue weighted by Crippen LogP contribution is -2.08. The van der Waals surface area contributed by atoms with Gasteiger partial charge in [-0.05, 0) is 25.0 Å². The zero-order chi connectivity index (χ0) is 15.4. The van der Waals surface area contributed by atoms with Crippen LogP contribution in [0.4, 0.5) is 5.82 Å². The second-order valence-corrected chi connectivity index (χ2v) is 5.13. The van der Waals surface area contributed by atoms with Crippen LogP contribution in [0, 0.1) is 6.92 Å². The number of anilines is 1. The average Bonchev–Trinajstić information content (AvgIpc) is 2.46. The Hall–Kier alpha value is -2.50. The number of nitrogens with zero attached hydrogens (tertiary/aromatic N) is 3. The third kappa shape index (κ3) is 3.98. The molecule has 0 aliphatic heterocycles. The number of aryl methyl sites for hydroxylation is 1. The van der Waals surface area contributed by atoms with Crippen LogP contribution in [0.5, 0.6) is 0 Å². The number of carboxylic acid groups (broad SMARTS) is 1. The molecule has 0 fully saturated rings. The van der Waals surface area contributed by atoms with E-state index in [2.05, 4.69) is 20.3 Å². The molecule has 0 aliphatic carbocycles. The zero-order valence-electron chi connectivity index (χ0n) is 12.3. The molecule has 2 rings (SSSR count). The van der Waals surface area contributed by atoms with E-state index in [9.17, 15) is 4.79 Å². The highest BCUT2D eigenvalue weighted by Gasteiger charge is 2.10. The standard InChI is InChI=1S/C15H18N4O2/c1-9(2)13-4-11(15(20)21)5-14(19-13)18-8-12-7-16-10(3)6-17-12/h4-7,9H,8H2,1-3H3,(H,18,19)(H,20,21). The van der Waals surface area contributed by atoms with E-state index in [0.717, 1.165) is 17.1 Å². The molecule has 0 saturated heterocycles. The van der Waals surface area contributed by atoms with Gasteiger partial charge < -0.3 is 10.4 Å². The van der Waals surface area contributed by atoms with Gasteiger partial charge >= 0.3 is 5.97 Å². The lowest BCUT2D eigenvalue weighted by molar-refractivity contribution is 0.0696. The molecule has 6 heteroatoms. The number of hydrogen-bond acceptors (Lipinski definition) is 5. The van der Waals surface area contributed by atoms with Crippen molar-refractivity contribution in [1.82, 2.24) is 15.0 Å². The third-order valence-corrected chi connectivity index (χ3v) is 2.97. The molecule has 6 nitrogen and oxygen atoms in total. The van der Waals surface area contributed by atoms with Crippen LogP contribution in [0.15, 0.2) is 24.5 Å². The van der Waals surface area contributed by atoms with Gasteiger partial charge in [0.15, 0.2) is 0 Å². The Kier molecular flexibility index (Phi) is 4.47. The van der Waals surface area contributed by atoms with Crippen molar-refractivity contribution in [2.75, 3.05) is 5.32 Å². The molecule has 0 atom stereocenters. The molecule has 2 aromatic rings. The number of hydrogen-bond donors (Lipinski definition) is 2. The average molecular weight is 286 g/mol. The largest absolute Gasteiger partial charge is 0.478 e. The maximum atomic E-state index is 11.2. The molecular weight excluding hydrogens is 268 g/mol. The third-order valence-electron chi connectivity index (χ3n) is 2.97. The van der Waals surface area contributed by atoms with Crippen molar-refractivity contribution >= 4 is 11.8 Å². The van der Waals surface area contributed by atoms with Gasteiger partial charge in [-0.25, -0.2) is 9.78 Å². The van der Waals surface area contributed by atoms with Gasteiger partial charge in [-0.15, -0.1) is 0 Å². The predicted molar refractivity (Wildman–Crippen MR) is 79.4 cm³/mol. The smallest absolute Gasteiger partial charge is 0.335 e. The molecule has 2 heterocycles. The molecule has 2 N–H and O–H groups in total. The summed E-state index contributed by atoms with van der Waals surface area (Å²) in [6.07, 6.45) is 3.38. The Labute approximate surface area is 123 Å². The van der Waals surface area contributed by atoms with E-state index in [1.807, 2.05) is 20.8 Å². The molecule has 0 aromatic carbocycles. The van der Waals surface area contributed by atoms with Crippen LogP contribution >= 0.6 is 0 Å². The number of aromatic nitrogens is 3. The fourth-order valence-electron chi connectivity index (χ4n) is 1.75. The summed E-state index contributed by atoms with van der Waals surface area (Å²) in [5.41, 5.74) is 2.60. The summed E-state index contributed by atoms with van der Waals surface area (Å²) in [7, 11) is 0. The Bertz CT molecular complexity index is 639. The number of pyridine rings is 1. The molecule has 2 aromatic heterocycles. The van der Waals surface area contributed by atoms with Crippen LogP contribution < -0.4 is 5.32 Å². The van der Waals surface area contributed by atoms with Gasteiger partial charge in [0, 0.05) is 11.9 Å². The topological polar surface area (TPSA) is 88.0 Å². The van der Waals surface area contributed by atoms with Crippen molar-refractivity contribution in [1.29, 1.82) is 0 Å². The maximum absolute atomic E-state index is 11.2. The van der Waals surface area contributed by atoms with Gasteiger partial charge in [0.05, 0.1) is 29.7 Å². The first kappa shape index (κ1) is 14.9. The first-order valence-electron chi connectivity index (χ1n) is 6.72. The van der Waals surface area contributed by atoms with Crippen molar-refractivity contribution in [3.63, 3.8) is 0 Å². The molecule has 0 bridgehead atoms. The Balaban J connectivity index is 2.18. The quantitative estimate of drug-likeness (QED) is 0.878. The van der Waals surface area contributed by atoms with Crippen LogP contribution in [-0.2, 0) is 6.54 Å². The van der Waals surface area contributed by atoms with E-state index in [1.54, 1.807) is 18.5 Å². The van der Waals surface area contributed by atoms with Crippen molar-refractivity contribution in [2.45, 2.75) is 33.2 Å². The summed E-state index contributed by atoms with van der Waals surface area (Å²) in [4.78, 5) is 24.0. The van der Waals surface area contributed by atoms with E-state index in [4.69, 9.17) is 5.11 Å². The summed E-state index contributed by atoms with van der Waals surface area (Å²) in [6, 6.07) is 3.12. The van der Waals surface area contributed by atoms with E-state index >= 15 is 0 Å². The minimum Gasteiger partial charge on any atom is -0.478 e. The second kappa shape index (κ2) is 6.30. The van der Waals surface area contributed by atoms with Crippen molar-refractivity contribution in [3.8, 4) is 0 Å². The van der Waals surface area contributed by atoms with Crippen LogP contribution in [-0.4, -0.2) is 26.0 Å². The monoisotopic (exact) mass is 286 g/mol. The second-order valence-electron chi connectivity index (χ2n) is 5.13. The van der Waals surface area contributed by atoms with Crippen molar-refractivity contribution in [2.24, 2.45) is 0 Å². The van der Waals surface area contributed by atoms with E-state index in [0.29, 0.717) is 12.4 Å². The van der Waals surface area contributed by atoms with Crippen molar-refractivity contribution in [3.05, 3.63) is 47.2 Å². The van der Waals surface area contributed by atoms with E-state index in [1.165, 1.54) is 6.07 Å². The van der Waals surface area contributed by atoms with Gasteiger partial charge in [0.2, 0.25) is 0 Å². The first-order chi connectivity index (χ1) is 9.95. The molecule has 0 radical (unpaired) electrons. The number of carboxylic acids is 1. The van der Waals surface area contributed by atoms with Gasteiger partial charge in [0.25, 0.3) is 0 Å². The Morgan fingerprint density at radius 2 is 2.05 bits per heavy atom. The highest BCUT2D eigenvalue weighted by molar-refractivity contribution is 5.88. The maximum Gasteiger partial charge on any atom is 0.335 e. The van der Waals surface area contributed by atoms with Crippen LogP contribution in [0.2, 0.25) is 0 Å². The predicted octanol–water partition coefficient (Wildman–Crippen LogP) is 2.61. The van der Waals surface area contributed by atoms with Gasteiger partial charge in [-0.1, -0.05) is 13.8 Å². The van der Waals surface area contributed by atoms with Crippen molar-refractivity contribution < 1.29 is 9.90 Å². The Morgan fingerprint density at radius 1 is 1.29 bits per heavy atom. The summed E-state index contributed by atoms with van der Waals surface area (Å²) in [5, 5.41) is 12.2. The molecule has 0 amide bonds. The number of rotatable bonds is 5. The normalized spacial score (nSPS) is 10.7. The minimum absolute atomic E-state index is 0.156. The fraction of sp³-hybridized carbons (Fsp3) is 0.333. The zero-order valence-corrected chi connectivity index (χ0v) is 12.3. The molecule has 0 saturated carbocycles. The van der Waals surface area contributed by atoms with Gasteiger partial charge in [-0.2, -0.15) is 0 Å². The summed E-state index contributed by atoms with van der Waals surface area (Å²) in [5.74, 6) is -0.275. The van der Waals surface area contributed by atoms with Crippen LogP contribution in [0.1, 0.15) is 47.2 Å². The lowest BCUT2D eigenvalue weighted by Gasteiger charge is -2.11. The highest BCUT2D eigenvalue weighted by atomic mass is 16.4. The summed E-state index contributed by atoms with van der Waals surface area (Å²) >= 11 is 0. The summed E-state index contributed by atoms with van der Waals surface area (Å²) in [6.45, 7) is 6.27. The fourth-order valence-corrected chi connectivity index (χ4v) is 1.75. The van der Waals surface area contributed by atoms with E-state index in [-0.39, 0.29) is 11.5 Å². The highest BCUT2D eigenvalue weighted by Crippen LogP contribution is 2.18. The Morgan fingerprint density at radius 3 is 2.62 bits per heavy atom. The number of aromatic carboxylic acids is 1. The lowest BCUT2D eigenvalue weighted by atomic mass is 10.1. The summed E-state index contributed by atoms with van der Waals surface area (Å²) < 4.78 is 0. The van der Waals surface area contributed by atoms with Crippen LogP contribution in [0.25, 0.3) is 0 Å². The molecule has 21 heavy (non-hydrogen) atoms.